The summed E-state index contributed by atoms with van der Waals surface area (Å²) in [6.07, 6.45) is 4.90. The van der Waals surface area contributed by atoms with Gasteiger partial charge in [-0.3, -0.25) is 4.98 Å². The minimum atomic E-state index is 0.493. The van der Waals surface area contributed by atoms with Crippen LogP contribution < -0.4 is 5.73 Å². The van der Waals surface area contributed by atoms with Gasteiger partial charge in [-0.15, -0.1) is 0 Å². The molecule has 1 aliphatic rings. The van der Waals surface area contributed by atoms with Gasteiger partial charge >= 0.3 is 0 Å². The van der Waals surface area contributed by atoms with E-state index in [4.69, 9.17) is 10.7 Å². The van der Waals surface area contributed by atoms with Crippen molar-refractivity contribution in [3.63, 3.8) is 0 Å². The summed E-state index contributed by atoms with van der Waals surface area (Å²) in [5.74, 6) is 1.72. The Morgan fingerprint density at radius 3 is 2.29 bits per heavy atom. The lowest BCUT2D eigenvalue weighted by atomic mass is 10.0. The predicted molar refractivity (Wildman–Crippen MR) is 88.1 cm³/mol. The van der Waals surface area contributed by atoms with Crippen LogP contribution in [-0.4, -0.2) is 15.0 Å². The first kappa shape index (κ1) is 14.4. The topological polar surface area (TPSA) is 64.7 Å². The fraction of sp³-hybridized carbons (Fsp3) is 0.438. The van der Waals surface area contributed by atoms with Gasteiger partial charge in [-0.2, -0.15) is 0 Å². The molecule has 0 spiro atoms. The minimum absolute atomic E-state index is 0.493. The summed E-state index contributed by atoms with van der Waals surface area (Å²) in [7, 11) is 0. The molecule has 110 valence electrons. The molecule has 2 N–H and O–H groups in total. The predicted octanol–water partition coefficient (Wildman–Crippen LogP) is 4.16. The lowest BCUT2D eigenvalue weighted by Crippen LogP contribution is -2.06. The normalized spacial score (nSPS) is 15.6. The summed E-state index contributed by atoms with van der Waals surface area (Å²) in [5.41, 5.74) is 10.1. The Morgan fingerprint density at radius 1 is 1.05 bits per heavy atom. The molecule has 1 saturated carbocycles. The average molecular weight is 347 g/mol. The number of hydrogen-bond acceptors (Lipinski definition) is 4. The third kappa shape index (κ3) is 2.93. The number of aromatic nitrogens is 3. The third-order valence-electron chi connectivity index (χ3n) is 3.98. The molecule has 1 aliphatic carbocycles. The number of nitrogens with zero attached hydrogens (tertiary/aromatic N) is 3. The fourth-order valence-electron chi connectivity index (χ4n) is 3.04. The van der Waals surface area contributed by atoms with E-state index < -0.39 is 0 Å². The van der Waals surface area contributed by atoms with E-state index in [2.05, 4.69) is 25.9 Å². The van der Waals surface area contributed by atoms with E-state index in [1.165, 1.54) is 25.7 Å². The number of nitrogens with two attached hydrogens (primary N) is 1. The maximum atomic E-state index is 6.09. The molecule has 0 atom stereocenters. The number of anilines is 1. The van der Waals surface area contributed by atoms with Crippen molar-refractivity contribution in [3.05, 3.63) is 33.7 Å². The Kier molecular flexibility index (Phi) is 3.93. The minimum Gasteiger partial charge on any atom is -0.383 e. The largest absolute Gasteiger partial charge is 0.383 e. The summed E-state index contributed by atoms with van der Waals surface area (Å²) >= 11 is 3.56. The van der Waals surface area contributed by atoms with E-state index in [9.17, 15) is 0 Å². The smallest absolute Gasteiger partial charge is 0.161 e. The van der Waals surface area contributed by atoms with Crippen molar-refractivity contribution in [2.45, 2.75) is 45.4 Å². The summed E-state index contributed by atoms with van der Waals surface area (Å²) in [4.78, 5) is 13.7. The molecule has 0 aromatic carbocycles. The number of rotatable bonds is 2. The van der Waals surface area contributed by atoms with Crippen molar-refractivity contribution in [3.8, 4) is 11.4 Å². The number of pyridine rings is 1. The first-order valence-corrected chi connectivity index (χ1v) is 8.12. The molecular weight excluding hydrogens is 328 g/mol. The average Bonchev–Trinajstić information content (AvgIpc) is 2.94. The van der Waals surface area contributed by atoms with Crippen LogP contribution in [0.25, 0.3) is 11.4 Å². The third-order valence-corrected chi connectivity index (χ3v) is 4.80. The Morgan fingerprint density at radius 2 is 1.67 bits per heavy atom. The Hall–Kier alpha value is -1.49. The van der Waals surface area contributed by atoms with Gasteiger partial charge in [0.05, 0.1) is 10.2 Å². The highest BCUT2D eigenvalue weighted by Crippen LogP contribution is 2.39. The molecule has 2 aromatic heterocycles. The lowest BCUT2D eigenvalue weighted by molar-refractivity contribution is 0.691. The molecule has 0 aliphatic heterocycles. The summed E-state index contributed by atoms with van der Waals surface area (Å²) in [5, 5.41) is 0. The SMILES string of the molecule is Cc1cc(-c2nc(N)c(Br)c(C3CCCC3)n2)cc(C)n1. The van der Waals surface area contributed by atoms with Crippen LogP contribution in [0.15, 0.2) is 16.6 Å². The van der Waals surface area contributed by atoms with E-state index in [-0.39, 0.29) is 0 Å². The second kappa shape index (κ2) is 5.72. The molecule has 0 bridgehead atoms. The number of halogens is 1. The second-order valence-electron chi connectivity index (χ2n) is 5.75. The zero-order valence-corrected chi connectivity index (χ0v) is 13.9. The van der Waals surface area contributed by atoms with Crippen LogP contribution >= 0.6 is 15.9 Å². The summed E-state index contributed by atoms with van der Waals surface area (Å²) < 4.78 is 0.862. The molecule has 21 heavy (non-hydrogen) atoms. The van der Waals surface area contributed by atoms with Crippen LogP contribution in [-0.2, 0) is 0 Å². The maximum Gasteiger partial charge on any atom is 0.161 e. The molecule has 5 heteroatoms. The lowest BCUT2D eigenvalue weighted by Gasteiger charge is -2.14. The quantitative estimate of drug-likeness (QED) is 0.886. The number of hydrogen-bond donors (Lipinski definition) is 1. The second-order valence-corrected chi connectivity index (χ2v) is 6.54. The first-order valence-electron chi connectivity index (χ1n) is 7.33. The van der Waals surface area contributed by atoms with Crippen LogP contribution in [0.1, 0.15) is 48.7 Å². The van der Waals surface area contributed by atoms with E-state index >= 15 is 0 Å². The number of aryl methyl sites for hydroxylation is 2. The van der Waals surface area contributed by atoms with Gasteiger partial charge in [0, 0.05) is 22.9 Å². The van der Waals surface area contributed by atoms with Gasteiger partial charge in [0.1, 0.15) is 5.82 Å². The van der Waals surface area contributed by atoms with E-state index in [0.717, 1.165) is 27.1 Å². The van der Waals surface area contributed by atoms with Gasteiger partial charge in [0.2, 0.25) is 0 Å². The Balaban J connectivity index is 2.10. The molecule has 0 saturated heterocycles. The van der Waals surface area contributed by atoms with E-state index in [0.29, 0.717) is 17.6 Å². The van der Waals surface area contributed by atoms with E-state index in [1.807, 2.05) is 26.0 Å². The van der Waals surface area contributed by atoms with Crippen LogP contribution in [0.2, 0.25) is 0 Å². The van der Waals surface area contributed by atoms with Crippen LogP contribution in [0.3, 0.4) is 0 Å². The highest BCUT2D eigenvalue weighted by atomic mass is 79.9. The van der Waals surface area contributed by atoms with Crippen molar-refractivity contribution in [1.29, 1.82) is 0 Å². The summed E-state index contributed by atoms with van der Waals surface area (Å²) in [6, 6.07) is 4.02. The molecule has 2 heterocycles. The van der Waals surface area contributed by atoms with Crippen LogP contribution in [0, 0.1) is 13.8 Å². The number of nitrogen functional groups attached to an aromatic ring is 1. The Bertz CT molecular complexity index is 658. The van der Waals surface area contributed by atoms with Gasteiger partial charge in [0.25, 0.3) is 0 Å². The molecular formula is C16H19BrN4. The molecule has 3 rings (SSSR count). The zero-order chi connectivity index (χ0) is 15.0. The zero-order valence-electron chi connectivity index (χ0n) is 12.4. The van der Waals surface area contributed by atoms with Gasteiger partial charge in [-0.1, -0.05) is 12.8 Å². The summed E-state index contributed by atoms with van der Waals surface area (Å²) in [6.45, 7) is 3.97. The molecule has 1 fully saturated rings. The van der Waals surface area contributed by atoms with Crippen LogP contribution in [0.4, 0.5) is 5.82 Å². The van der Waals surface area contributed by atoms with Crippen molar-refractivity contribution in [1.82, 2.24) is 15.0 Å². The monoisotopic (exact) mass is 346 g/mol. The highest BCUT2D eigenvalue weighted by molar-refractivity contribution is 9.10. The molecule has 2 aromatic rings. The van der Waals surface area contributed by atoms with Crippen molar-refractivity contribution in [2.24, 2.45) is 0 Å². The maximum absolute atomic E-state index is 6.09. The van der Waals surface area contributed by atoms with Gasteiger partial charge in [-0.05, 0) is 54.8 Å². The molecule has 4 nitrogen and oxygen atoms in total. The first-order chi connectivity index (χ1) is 10.0. The Labute approximate surface area is 133 Å². The molecule has 0 amide bonds. The fourth-order valence-corrected chi connectivity index (χ4v) is 3.55. The van der Waals surface area contributed by atoms with Gasteiger partial charge in [-0.25, -0.2) is 9.97 Å². The van der Waals surface area contributed by atoms with Gasteiger partial charge in [0.15, 0.2) is 5.82 Å². The molecule has 0 radical (unpaired) electrons. The standard InChI is InChI=1S/C16H19BrN4/c1-9-7-12(8-10(2)19-9)16-20-14(11-5-3-4-6-11)13(17)15(18)21-16/h7-8,11H,3-6H2,1-2H3,(H2,18,20,21). The highest BCUT2D eigenvalue weighted by Gasteiger charge is 2.23. The van der Waals surface area contributed by atoms with E-state index in [1.54, 1.807) is 0 Å². The van der Waals surface area contributed by atoms with Crippen molar-refractivity contribution >= 4 is 21.7 Å². The molecule has 0 unspecified atom stereocenters. The van der Waals surface area contributed by atoms with Crippen molar-refractivity contribution in [2.75, 3.05) is 5.73 Å². The van der Waals surface area contributed by atoms with Crippen molar-refractivity contribution < 1.29 is 0 Å². The van der Waals surface area contributed by atoms with Gasteiger partial charge < -0.3 is 5.73 Å². The van der Waals surface area contributed by atoms with Crippen LogP contribution in [0.5, 0.6) is 0 Å².